The van der Waals surface area contributed by atoms with Crippen LogP contribution in [0.25, 0.3) is 0 Å². The quantitative estimate of drug-likeness (QED) is 0.646. The summed E-state index contributed by atoms with van der Waals surface area (Å²) < 4.78 is 0. The average Bonchev–Trinajstić information content (AvgIpc) is 2.38. The average molecular weight is 239 g/mol. The zero-order valence-electron chi connectivity index (χ0n) is 12.5. The Bertz CT molecular complexity index is 190. The molecule has 1 aliphatic rings. The molecule has 0 aliphatic heterocycles. The first-order valence-electron chi connectivity index (χ1n) is 7.91. The van der Waals surface area contributed by atoms with Gasteiger partial charge in [-0.05, 0) is 49.6 Å². The molecule has 1 rings (SSSR count). The van der Waals surface area contributed by atoms with Crippen LogP contribution in [0.15, 0.2) is 0 Å². The summed E-state index contributed by atoms with van der Waals surface area (Å²) in [5.74, 6) is 3.72. The minimum atomic E-state index is 0.832. The van der Waals surface area contributed by atoms with Crippen LogP contribution in [0.3, 0.4) is 0 Å². The third-order valence-electron chi connectivity index (χ3n) is 4.96. The molecule has 1 heteroatoms. The summed E-state index contributed by atoms with van der Waals surface area (Å²) in [6.07, 6.45) is 8.56. The van der Waals surface area contributed by atoms with Gasteiger partial charge in [0.1, 0.15) is 0 Å². The number of hydrogen-bond donors (Lipinski definition) is 1. The summed E-state index contributed by atoms with van der Waals surface area (Å²) in [6, 6.07) is 0. The van der Waals surface area contributed by atoms with Gasteiger partial charge in [-0.15, -0.1) is 0 Å². The summed E-state index contributed by atoms with van der Waals surface area (Å²) in [5, 5.41) is 3.59. The molecule has 0 saturated heterocycles. The van der Waals surface area contributed by atoms with Crippen molar-refractivity contribution in [3.05, 3.63) is 0 Å². The molecule has 0 radical (unpaired) electrons. The molecule has 1 fully saturated rings. The molecule has 0 aromatic rings. The first-order valence-corrected chi connectivity index (χ1v) is 7.91. The van der Waals surface area contributed by atoms with Gasteiger partial charge in [0.15, 0.2) is 0 Å². The number of hydrogen-bond acceptors (Lipinski definition) is 1. The molecule has 17 heavy (non-hydrogen) atoms. The fourth-order valence-corrected chi connectivity index (χ4v) is 3.55. The summed E-state index contributed by atoms with van der Waals surface area (Å²) in [7, 11) is 0. The van der Waals surface area contributed by atoms with Crippen molar-refractivity contribution in [1.29, 1.82) is 0 Å². The van der Waals surface area contributed by atoms with E-state index in [1.165, 1.54) is 51.6 Å². The third-order valence-corrected chi connectivity index (χ3v) is 4.96. The highest BCUT2D eigenvalue weighted by Gasteiger charge is 2.30. The highest BCUT2D eigenvalue weighted by molar-refractivity contribution is 4.81. The normalized spacial score (nSPS) is 28.9. The van der Waals surface area contributed by atoms with E-state index in [-0.39, 0.29) is 0 Å². The van der Waals surface area contributed by atoms with Crippen LogP contribution in [-0.4, -0.2) is 13.1 Å². The molecular formula is C16H33N. The Kier molecular flexibility index (Phi) is 7.18. The monoisotopic (exact) mass is 239 g/mol. The van der Waals surface area contributed by atoms with Crippen molar-refractivity contribution in [2.75, 3.05) is 13.1 Å². The first-order chi connectivity index (χ1) is 8.20. The molecule has 0 aromatic heterocycles. The Balaban J connectivity index is 2.39. The molecule has 0 amide bonds. The van der Waals surface area contributed by atoms with E-state index in [2.05, 4.69) is 33.0 Å². The Labute approximate surface area is 109 Å². The molecule has 1 nitrogen and oxygen atoms in total. The molecule has 1 N–H and O–H groups in total. The minimum Gasteiger partial charge on any atom is -0.316 e. The maximum absolute atomic E-state index is 3.59. The molecule has 102 valence electrons. The predicted octanol–water partition coefficient (Wildman–Crippen LogP) is 4.47. The first kappa shape index (κ1) is 15.0. The smallest absolute Gasteiger partial charge is 0.00205 e. The van der Waals surface area contributed by atoms with E-state index in [1.54, 1.807) is 0 Å². The van der Waals surface area contributed by atoms with E-state index in [1.807, 2.05) is 0 Å². The van der Waals surface area contributed by atoms with Crippen LogP contribution in [-0.2, 0) is 0 Å². The van der Waals surface area contributed by atoms with Gasteiger partial charge in [-0.2, -0.15) is 0 Å². The zero-order chi connectivity index (χ0) is 12.7. The van der Waals surface area contributed by atoms with E-state index >= 15 is 0 Å². The van der Waals surface area contributed by atoms with E-state index in [0.717, 1.165) is 23.7 Å². The van der Waals surface area contributed by atoms with Gasteiger partial charge in [0.25, 0.3) is 0 Å². The zero-order valence-corrected chi connectivity index (χ0v) is 12.5. The molecule has 0 bridgehead atoms. The van der Waals surface area contributed by atoms with Gasteiger partial charge in [0.2, 0.25) is 0 Å². The van der Waals surface area contributed by atoms with Crippen molar-refractivity contribution in [1.82, 2.24) is 5.32 Å². The van der Waals surface area contributed by atoms with E-state index < -0.39 is 0 Å². The van der Waals surface area contributed by atoms with Crippen LogP contribution in [0.5, 0.6) is 0 Å². The molecule has 4 unspecified atom stereocenters. The standard InChI is InChI=1S/C16H33N/c1-5-11-17-12-13(3)14(4)16-10-8-7-9-15(16)6-2/h13-17H,5-12H2,1-4H3. The summed E-state index contributed by atoms with van der Waals surface area (Å²) >= 11 is 0. The van der Waals surface area contributed by atoms with Gasteiger partial charge < -0.3 is 5.32 Å². The topological polar surface area (TPSA) is 12.0 Å². The SMILES string of the molecule is CCCNCC(C)C(C)C1CCCCC1CC. The highest BCUT2D eigenvalue weighted by Crippen LogP contribution is 2.39. The van der Waals surface area contributed by atoms with Crippen LogP contribution < -0.4 is 5.32 Å². The Morgan fingerprint density at radius 2 is 1.82 bits per heavy atom. The second-order valence-corrected chi connectivity index (χ2v) is 6.16. The highest BCUT2D eigenvalue weighted by atomic mass is 14.8. The van der Waals surface area contributed by atoms with E-state index in [4.69, 9.17) is 0 Å². The lowest BCUT2D eigenvalue weighted by atomic mass is 9.68. The Morgan fingerprint density at radius 3 is 2.47 bits per heavy atom. The summed E-state index contributed by atoms with van der Waals surface area (Å²) in [4.78, 5) is 0. The molecule has 0 aromatic carbocycles. The van der Waals surface area contributed by atoms with Crippen molar-refractivity contribution in [2.45, 2.75) is 66.2 Å². The van der Waals surface area contributed by atoms with Crippen LogP contribution in [0, 0.1) is 23.7 Å². The van der Waals surface area contributed by atoms with Gasteiger partial charge in [0, 0.05) is 0 Å². The molecular weight excluding hydrogens is 206 g/mol. The maximum Gasteiger partial charge on any atom is -0.00205 e. The lowest BCUT2D eigenvalue weighted by molar-refractivity contribution is 0.128. The van der Waals surface area contributed by atoms with Gasteiger partial charge in [-0.25, -0.2) is 0 Å². The van der Waals surface area contributed by atoms with E-state index in [9.17, 15) is 0 Å². The summed E-state index contributed by atoms with van der Waals surface area (Å²) in [6.45, 7) is 12.0. The Hall–Kier alpha value is -0.0400. The van der Waals surface area contributed by atoms with Crippen molar-refractivity contribution in [2.24, 2.45) is 23.7 Å². The van der Waals surface area contributed by atoms with Crippen molar-refractivity contribution in [3.8, 4) is 0 Å². The van der Waals surface area contributed by atoms with Crippen molar-refractivity contribution >= 4 is 0 Å². The lowest BCUT2D eigenvalue weighted by Gasteiger charge is -2.38. The lowest BCUT2D eigenvalue weighted by Crippen LogP contribution is -2.33. The second kappa shape index (κ2) is 8.13. The predicted molar refractivity (Wildman–Crippen MR) is 77.2 cm³/mol. The van der Waals surface area contributed by atoms with E-state index in [0.29, 0.717) is 0 Å². The molecule has 0 heterocycles. The van der Waals surface area contributed by atoms with Gasteiger partial charge in [-0.1, -0.05) is 53.4 Å². The molecule has 1 saturated carbocycles. The Morgan fingerprint density at radius 1 is 1.12 bits per heavy atom. The number of nitrogens with one attached hydrogen (secondary N) is 1. The van der Waals surface area contributed by atoms with Crippen LogP contribution >= 0.6 is 0 Å². The fraction of sp³-hybridized carbons (Fsp3) is 1.00. The van der Waals surface area contributed by atoms with Crippen LogP contribution in [0.2, 0.25) is 0 Å². The summed E-state index contributed by atoms with van der Waals surface area (Å²) in [5.41, 5.74) is 0. The van der Waals surface area contributed by atoms with Crippen molar-refractivity contribution in [3.63, 3.8) is 0 Å². The second-order valence-electron chi connectivity index (χ2n) is 6.16. The van der Waals surface area contributed by atoms with Gasteiger partial charge >= 0.3 is 0 Å². The molecule has 0 spiro atoms. The fourth-order valence-electron chi connectivity index (χ4n) is 3.55. The van der Waals surface area contributed by atoms with Crippen molar-refractivity contribution < 1.29 is 0 Å². The van der Waals surface area contributed by atoms with Gasteiger partial charge in [-0.3, -0.25) is 0 Å². The molecule has 4 atom stereocenters. The third kappa shape index (κ3) is 4.62. The largest absolute Gasteiger partial charge is 0.316 e. The van der Waals surface area contributed by atoms with Gasteiger partial charge in [0.05, 0.1) is 0 Å². The molecule has 1 aliphatic carbocycles. The van der Waals surface area contributed by atoms with Crippen LogP contribution in [0.1, 0.15) is 66.2 Å². The minimum absolute atomic E-state index is 0.832. The number of rotatable bonds is 7. The van der Waals surface area contributed by atoms with Crippen LogP contribution in [0.4, 0.5) is 0 Å². The maximum atomic E-state index is 3.59.